The van der Waals surface area contributed by atoms with Crippen molar-refractivity contribution in [2.24, 2.45) is 0 Å². The summed E-state index contributed by atoms with van der Waals surface area (Å²) in [5.74, 6) is 0. The van der Waals surface area contributed by atoms with Crippen molar-refractivity contribution in [2.75, 3.05) is 23.8 Å². The van der Waals surface area contributed by atoms with Crippen molar-refractivity contribution in [1.29, 1.82) is 0 Å². The minimum absolute atomic E-state index is 0.617. The number of nitrogens with zero attached hydrogens (tertiary/aromatic N) is 1. The molecule has 0 amide bonds. The Balaban J connectivity index is 2.49. The predicted octanol–water partition coefficient (Wildman–Crippen LogP) is 2.89. The highest BCUT2D eigenvalue weighted by molar-refractivity contribution is 5.74. The maximum atomic E-state index is 3.52. The van der Waals surface area contributed by atoms with Crippen LogP contribution in [0.2, 0.25) is 0 Å². The van der Waals surface area contributed by atoms with Crippen LogP contribution in [-0.4, -0.2) is 19.6 Å². The van der Waals surface area contributed by atoms with E-state index in [-0.39, 0.29) is 0 Å². The molecule has 0 saturated carbocycles. The summed E-state index contributed by atoms with van der Waals surface area (Å²) in [6.07, 6.45) is 2.30. The standard InChI is InChI=1S/C13H20N2/c1-4-11-6-5-7-12-13(11)15(3)10(2)8-9-14-12/h5-7,10,14H,4,8-9H2,1-3H3. The molecule has 2 nitrogen and oxygen atoms in total. The summed E-state index contributed by atoms with van der Waals surface area (Å²) in [5.41, 5.74) is 4.13. The third-order valence-electron chi connectivity index (χ3n) is 3.39. The van der Waals surface area contributed by atoms with Crippen LogP contribution in [0.5, 0.6) is 0 Å². The van der Waals surface area contributed by atoms with Crippen LogP contribution in [-0.2, 0) is 6.42 Å². The van der Waals surface area contributed by atoms with E-state index in [1.54, 1.807) is 0 Å². The van der Waals surface area contributed by atoms with Crippen molar-refractivity contribution in [3.63, 3.8) is 0 Å². The minimum Gasteiger partial charge on any atom is -0.383 e. The molecule has 2 rings (SSSR count). The van der Waals surface area contributed by atoms with Gasteiger partial charge in [-0.2, -0.15) is 0 Å². The van der Waals surface area contributed by atoms with E-state index in [4.69, 9.17) is 0 Å². The largest absolute Gasteiger partial charge is 0.383 e. The van der Waals surface area contributed by atoms with Crippen molar-refractivity contribution < 1.29 is 0 Å². The monoisotopic (exact) mass is 204 g/mol. The summed E-state index contributed by atoms with van der Waals surface area (Å²) >= 11 is 0. The quantitative estimate of drug-likeness (QED) is 0.756. The molecule has 1 aromatic carbocycles. The molecule has 0 aliphatic carbocycles. The highest BCUT2D eigenvalue weighted by Gasteiger charge is 2.19. The summed E-state index contributed by atoms with van der Waals surface area (Å²) in [6, 6.07) is 7.18. The zero-order valence-corrected chi connectivity index (χ0v) is 9.88. The average molecular weight is 204 g/mol. The summed E-state index contributed by atoms with van der Waals surface area (Å²) in [6.45, 7) is 5.59. The Bertz CT molecular complexity index is 346. The van der Waals surface area contributed by atoms with E-state index < -0.39 is 0 Å². The SMILES string of the molecule is CCc1cccc2c1N(C)C(C)CCN2. The van der Waals surface area contributed by atoms with E-state index in [0.29, 0.717) is 6.04 Å². The molecule has 2 heteroatoms. The van der Waals surface area contributed by atoms with E-state index in [0.717, 1.165) is 13.0 Å². The van der Waals surface area contributed by atoms with Crippen LogP contribution in [0.4, 0.5) is 11.4 Å². The van der Waals surface area contributed by atoms with Gasteiger partial charge in [0.2, 0.25) is 0 Å². The number of nitrogens with one attached hydrogen (secondary N) is 1. The van der Waals surface area contributed by atoms with Crippen LogP contribution in [0, 0.1) is 0 Å². The molecule has 0 fully saturated rings. The summed E-state index contributed by atoms with van der Waals surface area (Å²) < 4.78 is 0. The van der Waals surface area contributed by atoms with Gasteiger partial charge in [-0.3, -0.25) is 0 Å². The van der Waals surface area contributed by atoms with Crippen LogP contribution >= 0.6 is 0 Å². The third kappa shape index (κ3) is 1.81. The molecule has 1 N–H and O–H groups in total. The number of anilines is 2. The van der Waals surface area contributed by atoms with Gasteiger partial charge >= 0.3 is 0 Å². The Morgan fingerprint density at radius 1 is 1.47 bits per heavy atom. The van der Waals surface area contributed by atoms with Crippen LogP contribution in [0.3, 0.4) is 0 Å². The number of aryl methyl sites for hydroxylation is 1. The van der Waals surface area contributed by atoms with E-state index in [2.05, 4.69) is 49.3 Å². The minimum atomic E-state index is 0.617. The molecule has 0 spiro atoms. The van der Waals surface area contributed by atoms with Crippen molar-refractivity contribution in [3.05, 3.63) is 23.8 Å². The first-order chi connectivity index (χ1) is 7.24. The van der Waals surface area contributed by atoms with Gasteiger partial charge in [0.1, 0.15) is 0 Å². The molecule has 1 aliphatic rings. The third-order valence-corrected chi connectivity index (χ3v) is 3.39. The highest BCUT2D eigenvalue weighted by Crippen LogP contribution is 2.33. The molecule has 0 aromatic heterocycles. The lowest BCUT2D eigenvalue weighted by Crippen LogP contribution is -2.28. The lowest BCUT2D eigenvalue weighted by Gasteiger charge is -2.27. The second kappa shape index (κ2) is 4.13. The van der Waals surface area contributed by atoms with Crippen LogP contribution in [0.15, 0.2) is 18.2 Å². The number of hydrogen-bond acceptors (Lipinski definition) is 2. The molecule has 1 heterocycles. The van der Waals surface area contributed by atoms with Crippen molar-refractivity contribution in [3.8, 4) is 0 Å². The molecular weight excluding hydrogens is 184 g/mol. The van der Waals surface area contributed by atoms with Gasteiger partial charge in [0.05, 0.1) is 11.4 Å². The Kier molecular flexibility index (Phi) is 2.85. The number of hydrogen-bond donors (Lipinski definition) is 1. The summed E-state index contributed by atoms with van der Waals surface area (Å²) in [5, 5.41) is 3.52. The molecule has 82 valence electrons. The van der Waals surface area contributed by atoms with E-state index in [1.807, 2.05) is 0 Å². The Morgan fingerprint density at radius 3 is 3.00 bits per heavy atom. The van der Waals surface area contributed by atoms with Gasteiger partial charge in [0.25, 0.3) is 0 Å². The molecule has 1 aromatic rings. The fourth-order valence-electron chi connectivity index (χ4n) is 2.27. The average Bonchev–Trinajstić information content (AvgIpc) is 2.40. The van der Waals surface area contributed by atoms with Gasteiger partial charge < -0.3 is 10.2 Å². The number of benzene rings is 1. The normalized spacial score (nSPS) is 20.5. The number of fused-ring (bicyclic) bond motifs is 1. The topological polar surface area (TPSA) is 15.3 Å². The van der Waals surface area contributed by atoms with Gasteiger partial charge in [-0.05, 0) is 31.4 Å². The lowest BCUT2D eigenvalue weighted by molar-refractivity contribution is 0.656. The Labute approximate surface area is 92.3 Å². The first kappa shape index (κ1) is 10.3. The van der Waals surface area contributed by atoms with Gasteiger partial charge in [-0.15, -0.1) is 0 Å². The lowest BCUT2D eigenvalue weighted by atomic mass is 10.1. The molecule has 0 saturated heterocycles. The predicted molar refractivity (Wildman–Crippen MR) is 66.8 cm³/mol. The maximum Gasteiger partial charge on any atom is 0.0634 e. The molecule has 15 heavy (non-hydrogen) atoms. The van der Waals surface area contributed by atoms with Gasteiger partial charge in [-0.1, -0.05) is 19.1 Å². The molecule has 1 atom stereocenters. The Morgan fingerprint density at radius 2 is 2.27 bits per heavy atom. The van der Waals surface area contributed by atoms with Gasteiger partial charge in [-0.25, -0.2) is 0 Å². The van der Waals surface area contributed by atoms with E-state index in [9.17, 15) is 0 Å². The maximum absolute atomic E-state index is 3.52. The number of rotatable bonds is 1. The van der Waals surface area contributed by atoms with Crippen molar-refractivity contribution in [1.82, 2.24) is 0 Å². The summed E-state index contributed by atoms with van der Waals surface area (Å²) in [7, 11) is 2.20. The van der Waals surface area contributed by atoms with Crippen molar-refractivity contribution >= 4 is 11.4 Å². The molecule has 1 aliphatic heterocycles. The zero-order valence-electron chi connectivity index (χ0n) is 9.88. The highest BCUT2D eigenvalue weighted by atomic mass is 15.2. The molecular formula is C13H20N2. The fraction of sp³-hybridized carbons (Fsp3) is 0.538. The molecule has 1 unspecified atom stereocenters. The van der Waals surface area contributed by atoms with Crippen LogP contribution in [0.25, 0.3) is 0 Å². The van der Waals surface area contributed by atoms with Crippen LogP contribution in [0.1, 0.15) is 25.8 Å². The molecule has 0 radical (unpaired) electrons. The Hall–Kier alpha value is -1.18. The fourth-order valence-corrected chi connectivity index (χ4v) is 2.27. The van der Waals surface area contributed by atoms with Crippen LogP contribution < -0.4 is 10.2 Å². The van der Waals surface area contributed by atoms with Gasteiger partial charge in [0, 0.05) is 19.6 Å². The van der Waals surface area contributed by atoms with E-state index in [1.165, 1.54) is 23.4 Å². The second-order valence-corrected chi connectivity index (χ2v) is 4.34. The zero-order chi connectivity index (χ0) is 10.8. The van der Waals surface area contributed by atoms with Crippen molar-refractivity contribution in [2.45, 2.75) is 32.7 Å². The first-order valence-electron chi connectivity index (χ1n) is 5.82. The first-order valence-corrected chi connectivity index (χ1v) is 5.82. The molecule has 0 bridgehead atoms. The number of para-hydroxylation sites is 1. The second-order valence-electron chi connectivity index (χ2n) is 4.34. The smallest absolute Gasteiger partial charge is 0.0634 e. The van der Waals surface area contributed by atoms with Gasteiger partial charge in [0.15, 0.2) is 0 Å². The summed E-state index contributed by atoms with van der Waals surface area (Å²) in [4.78, 5) is 2.41. The van der Waals surface area contributed by atoms with E-state index >= 15 is 0 Å².